The van der Waals surface area contributed by atoms with E-state index < -0.39 is 4.92 Å². The number of nitro groups is 1. The summed E-state index contributed by atoms with van der Waals surface area (Å²) in [6.45, 7) is 0.424. The van der Waals surface area contributed by atoms with E-state index in [9.17, 15) is 20.0 Å². The minimum atomic E-state index is -0.486. The average Bonchev–Trinajstić information content (AvgIpc) is 2.87. The summed E-state index contributed by atoms with van der Waals surface area (Å²) >= 11 is 0. The lowest BCUT2D eigenvalue weighted by Crippen LogP contribution is -2.11. The molecule has 0 bridgehead atoms. The third-order valence-electron chi connectivity index (χ3n) is 3.79. The number of ketones is 1. The van der Waals surface area contributed by atoms with Crippen molar-refractivity contribution in [1.82, 2.24) is 4.90 Å². The third kappa shape index (κ3) is 3.22. The fourth-order valence-corrected chi connectivity index (χ4v) is 2.61. The predicted molar refractivity (Wildman–Crippen MR) is 91.5 cm³/mol. The molecule has 0 fully saturated rings. The van der Waals surface area contributed by atoms with E-state index in [4.69, 9.17) is 4.74 Å². The Morgan fingerprint density at radius 3 is 2.48 bits per heavy atom. The van der Waals surface area contributed by atoms with Gasteiger partial charge in [0.05, 0.1) is 16.1 Å². The monoisotopic (exact) mass is 340 g/mol. The summed E-state index contributed by atoms with van der Waals surface area (Å²) in [4.78, 5) is 24.6. The number of phenolic OH excluding ortho intramolecular Hbond substituents is 1. The van der Waals surface area contributed by atoms with Gasteiger partial charge in [0.25, 0.3) is 5.69 Å². The number of rotatable bonds is 4. The number of non-ortho nitro benzene ring substituents is 1. The second kappa shape index (κ2) is 6.37. The number of carbonyl (C=O) groups is 1. The molecule has 0 aromatic heterocycles. The molecule has 3 rings (SSSR count). The fourth-order valence-electron chi connectivity index (χ4n) is 2.61. The number of fused-ring (bicyclic) bond motifs is 1. The van der Waals surface area contributed by atoms with Crippen molar-refractivity contribution in [3.63, 3.8) is 0 Å². The first-order chi connectivity index (χ1) is 11.9. The summed E-state index contributed by atoms with van der Waals surface area (Å²) in [5.41, 5.74) is 1.52. The van der Waals surface area contributed by atoms with Crippen LogP contribution in [0.25, 0.3) is 6.08 Å². The molecule has 128 valence electrons. The zero-order valence-electron chi connectivity index (χ0n) is 13.7. The molecule has 7 nitrogen and oxygen atoms in total. The van der Waals surface area contributed by atoms with E-state index in [1.54, 1.807) is 12.1 Å². The first-order valence-corrected chi connectivity index (χ1v) is 7.55. The molecule has 0 saturated heterocycles. The van der Waals surface area contributed by atoms with Crippen molar-refractivity contribution in [2.75, 3.05) is 14.1 Å². The predicted octanol–water partition coefficient (Wildman–Crippen LogP) is 2.98. The van der Waals surface area contributed by atoms with Crippen LogP contribution < -0.4 is 4.74 Å². The molecule has 25 heavy (non-hydrogen) atoms. The van der Waals surface area contributed by atoms with Gasteiger partial charge in [-0.3, -0.25) is 14.9 Å². The highest BCUT2D eigenvalue weighted by Gasteiger charge is 2.31. The Morgan fingerprint density at radius 2 is 1.88 bits per heavy atom. The van der Waals surface area contributed by atoms with Gasteiger partial charge in [-0.15, -0.1) is 0 Å². The van der Waals surface area contributed by atoms with Crippen LogP contribution in [0.4, 0.5) is 5.69 Å². The molecule has 1 aliphatic rings. The first kappa shape index (κ1) is 16.7. The smallest absolute Gasteiger partial charge is 0.269 e. The molecular formula is C18H16N2O5. The summed E-state index contributed by atoms with van der Waals surface area (Å²) < 4.78 is 5.70. The Balaban J connectivity index is 1.95. The van der Waals surface area contributed by atoms with Crippen LogP contribution in [0.15, 0.2) is 42.2 Å². The van der Waals surface area contributed by atoms with Gasteiger partial charge in [-0.05, 0) is 50.0 Å². The molecule has 0 atom stereocenters. The van der Waals surface area contributed by atoms with Crippen molar-refractivity contribution in [3.05, 3.63) is 69.0 Å². The number of hydrogen-bond acceptors (Lipinski definition) is 6. The lowest BCUT2D eigenvalue weighted by molar-refractivity contribution is -0.384. The van der Waals surface area contributed by atoms with E-state index in [2.05, 4.69) is 0 Å². The summed E-state index contributed by atoms with van der Waals surface area (Å²) in [5, 5.41) is 20.8. The van der Waals surface area contributed by atoms with E-state index in [0.29, 0.717) is 29.0 Å². The highest BCUT2D eigenvalue weighted by molar-refractivity contribution is 6.15. The average molecular weight is 340 g/mol. The molecule has 0 saturated carbocycles. The summed E-state index contributed by atoms with van der Waals surface area (Å²) in [6, 6.07) is 8.83. The third-order valence-corrected chi connectivity index (χ3v) is 3.79. The standard InChI is InChI=1S/C18H16N2O5/c1-19(2)10-14-15(21)8-7-13-17(22)16(25-18(13)14)9-11-3-5-12(6-4-11)20(23)24/h3-9,21H,10H2,1-2H3/b16-9-. The highest BCUT2D eigenvalue weighted by Crippen LogP contribution is 2.39. The molecule has 0 aliphatic carbocycles. The van der Waals surface area contributed by atoms with Crippen LogP contribution in [-0.2, 0) is 6.54 Å². The minimum Gasteiger partial charge on any atom is -0.507 e. The second-order valence-electron chi connectivity index (χ2n) is 5.97. The molecule has 1 heterocycles. The number of aromatic hydroxyl groups is 1. The van der Waals surface area contributed by atoms with Crippen LogP contribution >= 0.6 is 0 Å². The van der Waals surface area contributed by atoms with Crippen molar-refractivity contribution in [1.29, 1.82) is 0 Å². The van der Waals surface area contributed by atoms with Crippen molar-refractivity contribution in [3.8, 4) is 11.5 Å². The van der Waals surface area contributed by atoms with Gasteiger partial charge in [0.2, 0.25) is 5.78 Å². The summed E-state index contributed by atoms with van der Waals surface area (Å²) in [7, 11) is 3.70. The van der Waals surface area contributed by atoms with E-state index in [0.717, 1.165) is 0 Å². The normalized spacial score (nSPS) is 14.7. The van der Waals surface area contributed by atoms with Crippen molar-refractivity contribution in [2.24, 2.45) is 0 Å². The number of carbonyl (C=O) groups excluding carboxylic acids is 1. The number of phenols is 1. The van der Waals surface area contributed by atoms with Gasteiger partial charge >= 0.3 is 0 Å². The number of ether oxygens (including phenoxy) is 1. The molecule has 7 heteroatoms. The van der Waals surface area contributed by atoms with Gasteiger partial charge in [0, 0.05) is 18.7 Å². The maximum absolute atomic E-state index is 12.5. The number of benzene rings is 2. The van der Waals surface area contributed by atoms with Crippen LogP contribution in [-0.4, -0.2) is 34.8 Å². The van der Waals surface area contributed by atoms with Gasteiger partial charge in [-0.1, -0.05) is 0 Å². The Labute approximate surface area is 143 Å². The zero-order valence-corrected chi connectivity index (χ0v) is 13.7. The highest BCUT2D eigenvalue weighted by atomic mass is 16.6. The van der Waals surface area contributed by atoms with Crippen molar-refractivity contribution >= 4 is 17.5 Å². The molecular weight excluding hydrogens is 324 g/mol. The van der Waals surface area contributed by atoms with Gasteiger partial charge < -0.3 is 14.7 Å². The van der Waals surface area contributed by atoms with Gasteiger partial charge in [-0.25, -0.2) is 0 Å². The second-order valence-corrected chi connectivity index (χ2v) is 5.97. The van der Waals surface area contributed by atoms with Gasteiger partial charge in [-0.2, -0.15) is 0 Å². The van der Waals surface area contributed by atoms with E-state index in [1.165, 1.54) is 30.3 Å². The Hall–Kier alpha value is -3.19. The number of nitrogens with zero attached hydrogens (tertiary/aromatic N) is 2. The minimum absolute atomic E-state index is 0.0257. The van der Waals surface area contributed by atoms with E-state index in [-0.39, 0.29) is 23.0 Å². The molecule has 0 amide bonds. The quantitative estimate of drug-likeness (QED) is 0.522. The molecule has 0 unspecified atom stereocenters. The number of nitro benzene ring substituents is 1. The lowest BCUT2D eigenvalue weighted by atomic mass is 10.0. The number of Topliss-reactive ketones (excluding diaryl/α,β-unsaturated/α-hetero) is 1. The van der Waals surface area contributed by atoms with Gasteiger partial charge in [0.1, 0.15) is 11.5 Å². The van der Waals surface area contributed by atoms with Crippen LogP contribution in [0.3, 0.4) is 0 Å². The van der Waals surface area contributed by atoms with E-state index in [1.807, 2.05) is 19.0 Å². The largest absolute Gasteiger partial charge is 0.507 e. The SMILES string of the molecule is CN(C)Cc1c(O)ccc2c1O/C(=C\c1ccc([N+](=O)[O-])cc1)C2=O. The lowest BCUT2D eigenvalue weighted by Gasteiger charge is -2.13. The first-order valence-electron chi connectivity index (χ1n) is 7.55. The molecule has 1 aliphatic heterocycles. The molecule has 2 aromatic carbocycles. The molecule has 0 spiro atoms. The van der Waals surface area contributed by atoms with Crippen LogP contribution in [0.1, 0.15) is 21.5 Å². The summed E-state index contributed by atoms with van der Waals surface area (Å²) in [6.07, 6.45) is 1.53. The topological polar surface area (TPSA) is 92.9 Å². The Bertz CT molecular complexity index is 885. The van der Waals surface area contributed by atoms with Crippen molar-refractivity contribution < 1.29 is 19.6 Å². The Morgan fingerprint density at radius 1 is 1.20 bits per heavy atom. The molecule has 2 aromatic rings. The molecule has 1 N–H and O–H groups in total. The molecule has 0 radical (unpaired) electrons. The Kier molecular flexibility index (Phi) is 4.24. The maximum Gasteiger partial charge on any atom is 0.269 e. The van der Waals surface area contributed by atoms with Crippen LogP contribution in [0.5, 0.6) is 11.5 Å². The van der Waals surface area contributed by atoms with Crippen LogP contribution in [0, 0.1) is 10.1 Å². The maximum atomic E-state index is 12.5. The summed E-state index contributed by atoms with van der Waals surface area (Å²) in [5.74, 6) is 0.256. The van der Waals surface area contributed by atoms with Gasteiger partial charge in [0.15, 0.2) is 5.76 Å². The van der Waals surface area contributed by atoms with E-state index >= 15 is 0 Å². The van der Waals surface area contributed by atoms with Crippen molar-refractivity contribution in [2.45, 2.75) is 6.54 Å². The number of hydrogen-bond donors (Lipinski definition) is 1. The number of allylic oxidation sites excluding steroid dienone is 1. The zero-order chi connectivity index (χ0) is 18.1. The van der Waals surface area contributed by atoms with Crippen LogP contribution in [0.2, 0.25) is 0 Å². The fraction of sp³-hybridized carbons (Fsp3) is 0.167.